The monoisotopic (exact) mass is 228 g/mol. The number of hydrogen-bond donors (Lipinski definition) is 1. The van der Waals surface area contributed by atoms with Gasteiger partial charge >= 0.3 is 0 Å². The molecule has 90 valence electrons. The normalized spacial score (nSPS) is 11.0. The van der Waals surface area contributed by atoms with Crippen LogP contribution in [-0.4, -0.2) is 11.5 Å². The van der Waals surface area contributed by atoms with Gasteiger partial charge in [0, 0.05) is 23.8 Å². The minimum absolute atomic E-state index is 0.783. The van der Waals surface area contributed by atoms with E-state index < -0.39 is 0 Å². The topological polar surface area (TPSA) is 24.9 Å². The van der Waals surface area contributed by atoms with Gasteiger partial charge in [-0.2, -0.15) is 0 Å². The molecule has 0 bridgehead atoms. The molecule has 2 nitrogen and oxygen atoms in total. The molecule has 1 aromatic heterocycles. The summed E-state index contributed by atoms with van der Waals surface area (Å²) in [7, 11) is 0. The molecule has 2 heteroatoms. The number of benzene rings is 1. The van der Waals surface area contributed by atoms with E-state index >= 15 is 0 Å². The van der Waals surface area contributed by atoms with E-state index in [-0.39, 0.29) is 0 Å². The Morgan fingerprint density at radius 2 is 2.00 bits per heavy atom. The maximum atomic E-state index is 4.36. The fourth-order valence-corrected chi connectivity index (χ4v) is 1.98. The maximum absolute atomic E-state index is 4.36. The molecule has 1 N–H and O–H groups in total. The second-order valence-corrected chi connectivity index (χ2v) is 4.84. The lowest BCUT2D eigenvalue weighted by molar-refractivity contribution is 0.567. The van der Waals surface area contributed by atoms with E-state index in [2.05, 4.69) is 48.4 Å². The first-order valence-corrected chi connectivity index (χ1v) is 6.35. The van der Waals surface area contributed by atoms with Gasteiger partial charge in [-0.3, -0.25) is 4.98 Å². The number of rotatable bonds is 5. The van der Waals surface area contributed by atoms with Gasteiger partial charge in [-0.25, -0.2) is 0 Å². The lowest BCUT2D eigenvalue weighted by Crippen LogP contribution is -2.03. The summed E-state index contributed by atoms with van der Waals surface area (Å²) in [4.78, 5) is 4.36. The predicted octanol–water partition coefficient (Wildman–Crippen LogP) is 4.08. The smallest absolute Gasteiger partial charge is 0.0722 e. The Morgan fingerprint density at radius 3 is 2.82 bits per heavy atom. The summed E-state index contributed by atoms with van der Waals surface area (Å²) >= 11 is 0. The summed E-state index contributed by atoms with van der Waals surface area (Å²) in [5.41, 5.74) is 2.25. The van der Waals surface area contributed by atoms with Gasteiger partial charge in [-0.1, -0.05) is 32.0 Å². The quantitative estimate of drug-likeness (QED) is 0.780. The van der Waals surface area contributed by atoms with Crippen LogP contribution < -0.4 is 5.32 Å². The largest absolute Gasteiger partial charge is 0.384 e. The van der Waals surface area contributed by atoms with Crippen LogP contribution in [0.3, 0.4) is 0 Å². The predicted molar refractivity (Wildman–Crippen MR) is 74.3 cm³/mol. The lowest BCUT2D eigenvalue weighted by atomic mass is 10.1. The molecule has 1 heterocycles. The number of nitrogens with zero attached hydrogens (tertiary/aromatic N) is 1. The number of para-hydroxylation sites is 1. The summed E-state index contributed by atoms with van der Waals surface area (Å²) in [6, 6.07) is 10.3. The Labute approximate surface area is 103 Å². The molecule has 0 saturated carbocycles. The molecule has 0 saturated heterocycles. The highest BCUT2D eigenvalue weighted by Crippen LogP contribution is 2.20. The van der Waals surface area contributed by atoms with Crippen LogP contribution in [0.25, 0.3) is 10.9 Å². The van der Waals surface area contributed by atoms with Gasteiger partial charge in [-0.15, -0.1) is 0 Å². The van der Waals surface area contributed by atoms with Crippen molar-refractivity contribution in [3.8, 4) is 0 Å². The zero-order valence-corrected chi connectivity index (χ0v) is 10.6. The highest BCUT2D eigenvalue weighted by Gasteiger charge is 2.00. The van der Waals surface area contributed by atoms with Crippen molar-refractivity contribution in [2.24, 2.45) is 5.92 Å². The zero-order chi connectivity index (χ0) is 12.1. The van der Waals surface area contributed by atoms with Crippen molar-refractivity contribution in [1.82, 2.24) is 4.98 Å². The summed E-state index contributed by atoms with van der Waals surface area (Å²) in [5, 5.41) is 4.71. The van der Waals surface area contributed by atoms with Gasteiger partial charge < -0.3 is 5.32 Å². The third kappa shape index (κ3) is 3.19. The van der Waals surface area contributed by atoms with E-state index in [1.54, 1.807) is 0 Å². The van der Waals surface area contributed by atoms with Gasteiger partial charge in [0.2, 0.25) is 0 Å². The standard InChI is InChI=1S/C15H20N2/c1-12(2)6-5-10-16-15-9-11-17-14-8-4-3-7-13(14)15/h3-4,7-9,11-12H,5-6,10H2,1-2H3,(H,16,17). The van der Waals surface area contributed by atoms with Crippen LogP contribution in [-0.2, 0) is 0 Å². The molecule has 1 aromatic carbocycles. The summed E-state index contributed by atoms with van der Waals surface area (Å²) in [6.07, 6.45) is 4.36. The molecule has 0 atom stereocenters. The number of nitrogens with one attached hydrogen (secondary N) is 1. The maximum Gasteiger partial charge on any atom is 0.0722 e. The van der Waals surface area contributed by atoms with Crippen molar-refractivity contribution < 1.29 is 0 Å². The van der Waals surface area contributed by atoms with Crippen molar-refractivity contribution in [2.75, 3.05) is 11.9 Å². The van der Waals surface area contributed by atoms with Crippen molar-refractivity contribution >= 4 is 16.6 Å². The molecule has 0 radical (unpaired) electrons. The highest BCUT2D eigenvalue weighted by atomic mass is 14.9. The van der Waals surface area contributed by atoms with Gasteiger partial charge in [-0.05, 0) is 30.9 Å². The van der Waals surface area contributed by atoms with Gasteiger partial charge in [0.25, 0.3) is 0 Å². The van der Waals surface area contributed by atoms with Crippen molar-refractivity contribution in [3.63, 3.8) is 0 Å². The molecule has 0 fully saturated rings. The Balaban J connectivity index is 2.03. The molecule has 2 aromatic rings. The van der Waals surface area contributed by atoms with Crippen LogP contribution in [0.5, 0.6) is 0 Å². The van der Waals surface area contributed by atoms with Crippen LogP contribution in [0, 0.1) is 5.92 Å². The highest BCUT2D eigenvalue weighted by molar-refractivity contribution is 5.90. The van der Waals surface area contributed by atoms with Crippen LogP contribution in [0.15, 0.2) is 36.5 Å². The van der Waals surface area contributed by atoms with E-state index in [1.807, 2.05) is 12.3 Å². The SMILES string of the molecule is CC(C)CCCNc1ccnc2ccccc12. The van der Waals surface area contributed by atoms with E-state index in [0.717, 1.165) is 18.0 Å². The molecule has 0 aliphatic rings. The molecule has 2 rings (SSSR count). The fourth-order valence-electron chi connectivity index (χ4n) is 1.98. The first kappa shape index (κ1) is 11.9. The summed E-state index contributed by atoms with van der Waals surface area (Å²) < 4.78 is 0. The molecule has 0 unspecified atom stereocenters. The summed E-state index contributed by atoms with van der Waals surface area (Å²) in [6.45, 7) is 5.57. The van der Waals surface area contributed by atoms with E-state index in [4.69, 9.17) is 0 Å². The fraction of sp³-hybridized carbons (Fsp3) is 0.400. The number of pyridine rings is 1. The Morgan fingerprint density at radius 1 is 1.18 bits per heavy atom. The molecule has 0 aliphatic carbocycles. The Kier molecular flexibility index (Phi) is 3.97. The van der Waals surface area contributed by atoms with Crippen molar-refractivity contribution in [1.29, 1.82) is 0 Å². The molecule has 17 heavy (non-hydrogen) atoms. The molecule has 0 spiro atoms. The second-order valence-electron chi connectivity index (χ2n) is 4.84. The first-order valence-electron chi connectivity index (χ1n) is 6.35. The number of fused-ring (bicyclic) bond motifs is 1. The van der Waals surface area contributed by atoms with E-state index in [9.17, 15) is 0 Å². The third-order valence-electron chi connectivity index (χ3n) is 2.92. The zero-order valence-electron chi connectivity index (χ0n) is 10.6. The Bertz CT molecular complexity index is 472. The van der Waals surface area contributed by atoms with Gasteiger partial charge in [0.1, 0.15) is 0 Å². The minimum Gasteiger partial charge on any atom is -0.384 e. The number of aromatic nitrogens is 1. The lowest BCUT2D eigenvalue weighted by Gasteiger charge is -2.10. The molecular formula is C15H20N2. The second kappa shape index (κ2) is 5.67. The Hall–Kier alpha value is -1.57. The number of hydrogen-bond acceptors (Lipinski definition) is 2. The summed E-state index contributed by atoms with van der Waals surface area (Å²) in [5.74, 6) is 0.783. The van der Waals surface area contributed by atoms with Crippen molar-refractivity contribution in [2.45, 2.75) is 26.7 Å². The molecule has 0 amide bonds. The van der Waals surface area contributed by atoms with Crippen LogP contribution >= 0.6 is 0 Å². The van der Waals surface area contributed by atoms with Crippen molar-refractivity contribution in [3.05, 3.63) is 36.5 Å². The van der Waals surface area contributed by atoms with E-state index in [0.29, 0.717) is 0 Å². The number of anilines is 1. The third-order valence-corrected chi connectivity index (χ3v) is 2.92. The van der Waals surface area contributed by atoms with Crippen LogP contribution in [0.1, 0.15) is 26.7 Å². The van der Waals surface area contributed by atoms with Crippen LogP contribution in [0.4, 0.5) is 5.69 Å². The minimum atomic E-state index is 0.783. The van der Waals surface area contributed by atoms with Crippen LogP contribution in [0.2, 0.25) is 0 Å². The average Bonchev–Trinajstić information content (AvgIpc) is 2.34. The van der Waals surface area contributed by atoms with E-state index in [1.165, 1.54) is 23.9 Å². The average molecular weight is 228 g/mol. The van der Waals surface area contributed by atoms with Gasteiger partial charge in [0.05, 0.1) is 5.52 Å². The van der Waals surface area contributed by atoms with Gasteiger partial charge in [0.15, 0.2) is 0 Å². The first-order chi connectivity index (χ1) is 8.27. The molecular weight excluding hydrogens is 208 g/mol. The molecule has 0 aliphatic heterocycles.